The number of halogens is 1. The molecule has 1 heterocycles. The Bertz CT molecular complexity index is 976. The SMILES string of the molecule is NC(CC(=O)NCCc1ccc(Cl)cc1)c1ccc(C(=O)Nc2ccncc2)cc1. The molecule has 1 aromatic heterocycles. The van der Waals surface area contributed by atoms with Gasteiger partial charge in [0.05, 0.1) is 0 Å². The van der Waals surface area contributed by atoms with Gasteiger partial charge in [0.2, 0.25) is 5.91 Å². The van der Waals surface area contributed by atoms with E-state index in [9.17, 15) is 9.59 Å². The zero-order valence-electron chi connectivity index (χ0n) is 16.3. The Morgan fingerprint density at radius 2 is 1.63 bits per heavy atom. The monoisotopic (exact) mass is 422 g/mol. The van der Waals surface area contributed by atoms with Crippen LogP contribution in [0.1, 0.15) is 33.9 Å². The van der Waals surface area contributed by atoms with E-state index in [0.29, 0.717) is 22.8 Å². The molecule has 0 fully saturated rings. The van der Waals surface area contributed by atoms with E-state index < -0.39 is 6.04 Å². The molecule has 0 aliphatic heterocycles. The van der Waals surface area contributed by atoms with Gasteiger partial charge in [-0.2, -0.15) is 0 Å². The average molecular weight is 423 g/mol. The van der Waals surface area contributed by atoms with Crippen molar-refractivity contribution >= 4 is 29.1 Å². The van der Waals surface area contributed by atoms with Crippen molar-refractivity contribution in [1.29, 1.82) is 0 Å². The fourth-order valence-corrected chi connectivity index (χ4v) is 3.03. The molecule has 2 amide bonds. The summed E-state index contributed by atoms with van der Waals surface area (Å²) in [5.41, 5.74) is 9.24. The molecule has 0 saturated heterocycles. The highest BCUT2D eigenvalue weighted by atomic mass is 35.5. The second-order valence-corrected chi connectivity index (χ2v) is 7.29. The molecule has 0 spiro atoms. The van der Waals surface area contributed by atoms with Gasteiger partial charge < -0.3 is 16.4 Å². The predicted molar refractivity (Wildman–Crippen MR) is 118 cm³/mol. The van der Waals surface area contributed by atoms with Crippen LogP contribution in [0.3, 0.4) is 0 Å². The molecule has 3 rings (SSSR count). The molecule has 0 aliphatic carbocycles. The standard InChI is InChI=1S/C23H23ClN4O2/c24-19-7-1-16(2-8-19)9-14-27-22(29)15-21(25)17-3-5-18(6-4-17)23(30)28-20-10-12-26-13-11-20/h1-8,10-13,21H,9,14-15,25H2,(H,27,29)(H,26,28,30). The molecule has 7 heteroatoms. The third-order valence-electron chi connectivity index (χ3n) is 4.59. The molecular weight excluding hydrogens is 400 g/mol. The topological polar surface area (TPSA) is 97.1 Å². The quantitative estimate of drug-likeness (QED) is 0.515. The van der Waals surface area contributed by atoms with Crippen molar-refractivity contribution in [3.05, 3.63) is 94.8 Å². The zero-order valence-corrected chi connectivity index (χ0v) is 17.1. The van der Waals surface area contributed by atoms with E-state index in [1.807, 2.05) is 24.3 Å². The molecular formula is C23H23ClN4O2. The number of pyridine rings is 1. The maximum absolute atomic E-state index is 12.3. The molecule has 0 radical (unpaired) electrons. The maximum Gasteiger partial charge on any atom is 0.255 e. The highest BCUT2D eigenvalue weighted by Crippen LogP contribution is 2.16. The Kier molecular flexibility index (Phi) is 7.54. The van der Waals surface area contributed by atoms with Crippen LogP contribution in [0.5, 0.6) is 0 Å². The smallest absolute Gasteiger partial charge is 0.255 e. The highest BCUT2D eigenvalue weighted by Gasteiger charge is 2.13. The largest absolute Gasteiger partial charge is 0.356 e. The normalized spacial score (nSPS) is 11.5. The number of nitrogens with one attached hydrogen (secondary N) is 2. The summed E-state index contributed by atoms with van der Waals surface area (Å²) in [5, 5.41) is 6.37. The molecule has 1 unspecified atom stereocenters. The van der Waals surface area contributed by atoms with E-state index in [-0.39, 0.29) is 18.2 Å². The zero-order chi connectivity index (χ0) is 21.3. The number of carbonyl (C=O) groups is 2. The predicted octanol–water partition coefficient (Wildman–Crippen LogP) is 3.74. The first-order chi connectivity index (χ1) is 14.5. The molecule has 0 saturated carbocycles. The molecule has 30 heavy (non-hydrogen) atoms. The van der Waals surface area contributed by atoms with Crippen LogP contribution in [0, 0.1) is 0 Å². The first-order valence-electron chi connectivity index (χ1n) is 9.59. The van der Waals surface area contributed by atoms with Gasteiger partial charge in [0.1, 0.15) is 0 Å². The summed E-state index contributed by atoms with van der Waals surface area (Å²) >= 11 is 5.87. The minimum absolute atomic E-state index is 0.115. The van der Waals surface area contributed by atoms with Crippen LogP contribution in [-0.4, -0.2) is 23.3 Å². The van der Waals surface area contributed by atoms with Crippen LogP contribution in [0.2, 0.25) is 5.02 Å². The van der Waals surface area contributed by atoms with Gasteiger partial charge in [-0.05, 0) is 53.9 Å². The van der Waals surface area contributed by atoms with Gasteiger partial charge in [-0.15, -0.1) is 0 Å². The average Bonchev–Trinajstić information content (AvgIpc) is 2.76. The number of rotatable bonds is 8. The number of nitrogens with two attached hydrogens (primary N) is 1. The number of amides is 2. The third-order valence-corrected chi connectivity index (χ3v) is 4.85. The van der Waals surface area contributed by atoms with Crippen LogP contribution in [0.25, 0.3) is 0 Å². The van der Waals surface area contributed by atoms with E-state index in [2.05, 4.69) is 15.6 Å². The van der Waals surface area contributed by atoms with E-state index in [4.69, 9.17) is 17.3 Å². The minimum atomic E-state index is -0.446. The lowest BCUT2D eigenvalue weighted by Gasteiger charge is -2.13. The first kappa shape index (κ1) is 21.5. The fourth-order valence-electron chi connectivity index (χ4n) is 2.91. The van der Waals surface area contributed by atoms with Crippen molar-refractivity contribution in [2.75, 3.05) is 11.9 Å². The van der Waals surface area contributed by atoms with E-state index >= 15 is 0 Å². The summed E-state index contributed by atoms with van der Waals surface area (Å²) in [6.45, 7) is 0.529. The van der Waals surface area contributed by atoms with Gasteiger partial charge in [-0.3, -0.25) is 14.6 Å². The lowest BCUT2D eigenvalue weighted by atomic mass is 10.0. The van der Waals surface area contributed by atoms with Crippen molar-refractivity contribution in [2.24, 2.45) is 5.73 Å². The first-order valence-corrected chi connectivity index (χ1v) is 9.97. The highest BCUT2D eigenvalue weighted by molar-refractivity contribution is 6.30. The Hall–Kier alpha value is -3.22. The van der Waals surface area contributed by atoms with Gasteiger partial charge in [0, 0.05) is 47.7 Å². The van der Waals surface area contributed by atoms with Crippen LogP contribution >= 0.6 is 11.6 Å². The summed E-state index contributed by atoms with van der Waals surface area (Å²) < 4.78 is 0. The second kappa shape index (κ2) is 10.5. The van der Waals surface area contributed by atoms with Gasteiger partial charge >= 0.3 is 0 Å². The van der Waals surface area contributed by atoms with Gasteiger partial charge in [-0.25, -0.2) is 0 Å². The summed E-state index contributed by atoms with van der Waals surface area (Å²) in [6.07, 6.45) is 4.11. The number of nitrogens with zero attached hydrogens (tertiary/aromatic N) is 1. The molecule has 0 aliphatic rings. The van der Waals surface area contributed by atoms with Gasteiger partial charge in [0.15, 0.2) is 0 Å². The van der Waals surface area contributed by atoms with Crippen LogP contribution in [0.4, 0.5) is 5.69 Å². The number of anilines is 1. The second-order valence-electron chi connectivity index (χ2n) is 6.85. The van der Waals surface area contributed by atoms with E-state index in [1.54, 1.807) is 48.8 Å². The molecule has 6 nitrogen and oxygen atoms in total. The van der Waals surface area contributed by atoms with E-state index in [0.717, 1.165) is 17.5 Å². The Morgan fingerprint density at radius 3 is 2.30 bits per heavy atom. The Labute approximate surface area is 180 Å². The number of carbonyl (C=O) groups excluding carboxylic acids is 2. The number of benzene rings is 2. The Balaban J connectivity index is 1.46. The van der Waals surface area contributed by atoms with E-state index in [1.165, 1.54) is 0 Å². The van der Waals surface area contributed by atoms with Crippen LogP contribution in [-0.2, 0) is 11.2 Å². The summed E-state index contributed by atoms with van der Waals surface area (Å²) in [7, 11) is 0. The molecule has 2 aromatic carbocycles. The van der Waals surface area contributed by atoms with Crippen LogP contribution < -0.4 is 16.4 Å². The van der Waals surface area contributed by atoms with Gasteiger partial charge in [0.25, 0.3) is 5.91 Å². The molecule has 0 bridgehead atoms. The molecule has 4 N–H and O–H groups in total. The summed E-state index contributed by atoms with van der Waals surface area (Å²) in [4.78, 5) is 28.4. The lowest BCUT2D eigenvalue weighted by Crippen LogP contribution is -2.29. The van der Waals surface area contributed by atoms with Crippen LogP contribution in [0.15, 0.2) is 73.1 Å². The minimum Gasteiger partial charge on any atom is -0.356 e. The fraction of sp³-hybridized carbons (Fsp3) is 0.174. The summed E-state index contributed by atoms with van der Waals surface area (Å²) in [5.74, 6) is -0.336. The van der Waals surface area contributed by atoms with Crippen molar-refractivity contribution in [3.8, 4) is 0 Å². The third kappa shape index (κ3) is 6.40. The van der Waals surface area contributed by atoms with Crippen molar-refractivity contribution < 1.29 is 9.59 Å². The number of hydrogen-bond donors (Lipinski definition) is 3. The van der Waals surface area contributed by atoms with Crippen molar-refractivity contribution in [1.82, 2.24) is 10.3 Å². The maximum atomic E-state index is 12.3. The van der Waals surface area contributed by atoms with Crippen molar-refractivity contribution in [2.45, 2.75) is 18.9 Å². The van der Waals surface area contributed by atoms with Crippen molar-refractivity contribution in [3.63, 3.8) is 0 Å². The van der Waals surface area contributed by atoms with Gasteiger partial charge in [-0.1, -0.05) is 35.9 Å². The molecule has 1 atom stereocenters. The Morgan fingerprint density at radius 1 is 0.967 bits per heavy atom. The molecule has 3 aromatic rings. The number of hydrogen-bond acceptors (Lipinski definition) is 4. The summed E-state index contributed by atoms with van der Waals surface area (Å²) in [6, 6.07) is 17.5. The molecule has 154 valence electrons. The number of aromatic nitrogens is 1. The lowest BCUT2D eigenvalue weighted by molar-refractivity contribution is -0.121.